The minimum Gasteiger partial charge on any atom is -0.399 e. The zero-order valence-corrected chi connectivity index (χ0v) is 12.8. The molecule has 1 aromatic heterocycles. The summed E-state index contributed by atoms with van der Waals surface area (Å²) in [7, 11) is 0. The molecule has 0 atom stereocenters. The predicted octanol–water partition coefficient (Wildman–Crippen LogP) is 2.81. The molecule has 2 aromatic rings. The third kappa shape index (κ3) is 3.84. The first-order chi connectivity index (χ1) is 9.97. The molecule has 0 radical (unpaired) electrons. The number of nitrogens with two attached hydrogens (primary N) is 1. The van der Waals surface area contributed by atoms with Gasteiger partial charge in [0.15, 0.2) is 0 Å². The van der Waals surface area contributed by atoms with Gasteiger partial charge in [-0.2, -0.15) is 0 Å². The summed E-state index contributed by atoms with van der Waals surface area (Å²) in [6, 6.07) is 5.49. The van der Waals surface area contributed by atoms with Gasteiger partial charge in [-0.3, -0.25) is 4.79 Å². The second-order valence-electron chi connectivity index (χ2n) is 5.33. The number of imidazole rings is 1. The van der Waals surface area contributed by atoms with Gasteiger partial charge in [-0.1, -0.05) is 0 Å². The molecule has 0 bridgehead atoms. The Balaban J connectivity index is 1.84. The van der Waals surface area contributed by atoms with E-state index in [1.807, 2.05) is 39.2 Å². The number of aromatic nitrogens is 2. The van der Waals surface area contributed by atoms with Crippen LogP contribution in [0.1, 0.15) is 29.8 Å². The van der Waals surface area contributed by atoms with Crippen molar-refractivity contribution < 1.29 is 4.79 Å². The lowest BCUT2D eigenvalue weighted by molar-refractivity contribution is -0.116. The van der Waals surface area contributed by atoms with Crippen LogP contribution in [-0.4, -0.2) is 15.5 Å². The van der Waals surface area contributed by atoms with E-state index in [1.54, 1.807) is 6.07 Å². The Morgan fingerprint density at radius 3 is 2.71 bits per heavy atom. The molecule has 5 heteroatoms. The molecule has 0 aliphatic carbocycles. The third-order valence-electron chi connectivity index (χ3n) is 3.67. The van der Waals surface area contributed by atoms with Gasteiger partial charge in [-0.25, -0.2) is 4.98 Å². The lowest BCUT2D eigenvalue weighted by atomic mass is 10.1. The molecule has 112 valence electrons. The molecule has 0 saturated carbocycles. The summed E-state index contributed by atoms with van der Waals surface area (Å²) in [5, 5.41) is 2.92. The number of aryl methyl sites for hydroxylation is 3. The van der Waals surface area contributed by atoms with E-state index in [4.69, 9.17) is 5.73 Å². The van der Waals surface area contributed by atoms with Crippen molar-refractivity contribution in [1.82, 2.24) is 9.55 Å². The van der Waals surface area contributed by atoms with Crippen molar-refractivity contribution in [2.45, 2.75) is 40.2 Å². The lowest BCUT2D eigenvalue weighted by Gasteiger charge is -2.09. The van der Waals surface area contributed by atoms with E-state index in [-0.39, 0.29) is 5.91 Å². The quantitative estimate of drug-likeness (QED) is 0.830. The second-order valence-corrected chi connectivity index (χ2v) is 5.33. The topological polar surface area (TPSA) is 72.9 Å². The number of carbonyl (C=O) groups excluding carboxylic acids is 1. The number of nitrogen functional groups attached to an aromatic ring is 1. The molecule has 0 fully saturated rings. The minimum atomic E-state index is 0.0253. The van der Waals surface area contributed by atoms with Crippen LogP contribution in [0.25, 0.3) is 0 Å². The van der Waals surface area contributed by atoms with Crippen LogP contribution in [0.3, 0.4) is 0 Å². The van der Waals surface area contributed by atoms with E-state index in [2.05, 4.69) is 14.9 Å². The minimum absolute atomic E-state index is 0.0253. The number of nitrogens with one attached hydrogen (secondary N) is 1. The summed E-state index contributed by atoms with van der Waals surface area (Å²) < 4.78 is 2.08. The van der Waals surface area contributed by atoms with Crippen LogP contribution in [0.4, 0.5) is 11.4 Å². The number of anilines is 2. The summed E-state index contributed by atoms with van der Waals surface area (Å²) in [5.41, 5.74) is 10.4. The van der Waals surface area contributed by atoms with E-state index >= 15 is 0 Å². The molecule has 0 aliphatic heterocycles. The standard InChI is InChI=1S/C16H22N4O/c1-11-9-14(17)6-7-15(11)19-16(21)5-4-8-20-10-18-12(2)13(20)3/h6-7,9-10H,4-5,8,17H2,1-3H3,(H,19,21). The van der Waals surface area contributed by atoms with Crippen molar-refractivity contribution in [3.05, 3.63) is 41.5 Å². The highest BCUT2D eigenvalue weighted by atomic mass is 16.1. The highest BCUT2D eigenvalue weighted by Gasteiger charge is 2.06. The number of nitrogens with zero attached hydrogens (tertiary/aromatic N) is 2. The van der Waals surface area contributed by atoms with E-state index < -0.39 is 0 Å². The van der Waals surface area contributed by atoms with E-state index in [9.17, 15) is 4.79 Å². The maximum atomic E-state index is 12.0. The Bertz CT molecular complexity index is 646. The van der Waals surface area contributed by atoms with Crippen LogP contribution in [0, 0.1) is 20.8 Å². The number of hydrogen-bond acceptors (Lipinski definition) is 3. The SMILES string of the molecule is Cc1cc(N)ccc1NC(=O)CCCn1cnc(C)c1C. The van der Waals surface area contributed by atoms with Crippen molar-refractivity contribution in [2.24, 2.45) is 0 Å². The van der Waals surface area contributed by atoms with Gasteiger partial charge >= 0.3 is 0 Å². The van der Waals surface area contributed by atoms with Gasteiger partial charge in [-0.05, 0) is 51.0 Å². The van der Waals surface area contributed by atoms with Gasteiger partial charge in [-0.15, -0.1) is 0 Å². The van der Waals surface area contributed by atoms with Gasteiger partial charge in [0.2, 0.25) is 5.91 Å². The van der Waals surface area contributed by atoms with Crippen molar-refractivity contribution in [1.29, 1.82) is 0 Å². The third-order valence-corrected chi connectivity index (χ3v) is 3.67. The number of amides is 1. The number of carbonyl (C=O) groups is 1. The highest BCUT2D eigenvalue weighted by Crippen LogP contribution is 2.18. The Morgan fingerprint density at radius 1 is 1.33 bits per heavy atom. The average molecular weight is 286 g/mol. The molecule has 0 unspecified atom stereocenters. The molecular weight excluding hydrogens is 264 g/mol. The van der Waals surface area contributed by atoms with Gasteiger partial charge in [0.05, 0.1) is 12.0 Å². The fourth-order valence-corrected chi connectivity index (χ4v) is 2.22. The summed E-state index contributed by atoms with van der Waals surface area (Å²) in [5.74, 6) is 0.0253. The monoisotopic (exact) mass is 286 g/mol. The fraction of sp³-hybridized carbons (Fsp3) is 0.375. The molecule has 5 nitrogen and oxygen atoms in total. The maximum absolute atomic E-state index is 12.0. The van der Waals surface area contributed by atoms with Gasteiger partial charge in [0.1, 0.15) is 0 Å². The molecular formula is C16H22N4O. The molecule has 1 heterocycles. The smallest absolute Gasteiger partial charge is 0.224 e. The van der Waals surface area contributed by atoms with Crippen molar-refractivity contribution in [3.8, 4) is 0 Å². The van der Waals surface area contributed by atoms with Crippen molar-refractivity contribution >= 4 is 17.3 Å². The number of hydrogen-bond donors (Lipinski definition) is 2. The van der Waals surface area contributed by atoms with Crippen LogP contribution < -0.4 is 11.1 Å². The van der Waals surface area contributed by atoms with E-state index in [1.165, 1.54) is 0 Å². The largest absolute Gasteiger partial charge is 0.399 e. The molecule has 21 heavy (non-hydrogen) atoms. The first-order valence-electron chi connectivity index (χ1n) is 7.11. The van der Waals surface area contributed by atoms with Crippen LogP contribution in [-0.2, 0) is 11.3 Å². The summed E-state index contributed by atoms with van der Waals surface area (Å²) in [6.45, 7) is 6.77. The fourth-order valence-electron chi connectivity index (χ4n) is 2.22. The normalized spacial score (nSPS) is 10.6. The van der Waals surface area contributed by atoms with E-state index in [0.29, 0.717) is 12.1 Å². The molecule has 1 aromatic carbocycles. The van der Waals surface area contributed by atoms with Gasteiger partial charge < -0.3 is 15.6 Å². The maximum Gasteiger partial charge on any atom is 0.224 e. The Labute approximate surface area is 125 Å². The lowest BCUT2D eigenvalue weighted by Crippen LogP contribution is -2.13. The first kappa shape index (κ1) is 15.1. The summed E-state index contributed by atoms with van der Waals surface area (Å²) >= 11 is 0. The van der Waals surface area contributed by atoms with Crippen molar-refractivity contribution in [3.63, 3.8) is 0 Å². The second kappa shape index (κ2) is 6.43. The first-order valence-corrected chi connectivity index (χ1v) is 7.11. The van der Waals surface area contributed by atoms with Crippen LogP contribution in [0.5, 0.6) is 0 Å². The Hall–Kier alpha value is -2.30. The van der Waals surface area contributed by atoms with E-state index in [0.717, 1.165) is 35.6 Å². The zero-order valence-electron chi connectivity index (χ0n) is 12.8. The molecule has 2 rings (SSSR count). The summed E-state index contributed by atoms with van der Waals surface area (Å²) in [4.78, 5) is 16.2. The Kier molecular flexibility index (Phi) is 4.62. The van der Waals surface area contributed by atoms with Gasteiger partial charge in [0.25, 0.3) is 0 Å². The molecule has 0 spiro atoms. The molecule has 3 N–H and O–H groups in total. The molecule has 0 aliphatic rings. The summed E-state index contributed by atoms with van der Waals surface area (Å²) in [6.07, 6.45) is 3.10. The van der Waals surface area contributed by atoms with Crippen LogP contribution in [0.15, 0.2) is 24.5 Å². The van der Waals surface area contributed by atoms with Crippen molar-refractivity contribution in [2.75, 3.05) is 11.1 Å². The average Bonchev–Trinajstić information content (AvgIpc) is 2.74. The van der Waals surface area contributed by atoms with Crippen LogP contribution >= 0.6 is 0 Å². The molecule has 0 saturated heterocycles. The predicted molar refractivity (Wildman–Crippen MR) is 85.2 cm³/mol. The zero-order chi connectivity index (χ0) is 15.4. The molecule has 1 amide bonds. The number of benzene rings is 1. The van der Waals surface area contributed by atoms with Gasteiger partial charge in [0, 0.05) is 30.0 Å². The highest BCUT2D eigenvalue weighted by molar-refractivity contribution is 5.91. The van der Waals surface area contributed by atoms with Crippen LogP contribution in [0.2, 0.25) is 0 Å². The number of rotatable bonds is 5. The Morgan fingerprint density at radius 2 is 2.10 bits per heavy atom.